The molecule has 144 valence electrons. The number of nitrogens with zero attached hydrogens (tertiary/aromatic N) is 3. The van der Waals surface area contributed by atoms with Gasteiger partial charge >= 0.3 is 0 Å². The van der Waals surface area contributed by atoms with E-state index in [4.69, 9.17) is 0 Å². The van der Waals surface area contributed by atoms with Crippen LogP contribution in [0.5, 0.6) is 0 Å². The molecule has 3 rings (SSSR count). The standard InChI is InChI=1S/C22H24N4OS/c1-5-12-26-21(18-9-7-6-8-16(18)3)24-25-22(26)28-14-20(27)23-19-11-10-15(2)13-17(19)4/h5-11,13H,1,12,14H2,2-4H3,(H,23,27). The molecule has 1 amide bonds. The van der Waals surface area contributed by atoms with E-state index >= 15 is 0 Å². The number of benzene rings is 2. The Morgan fingerprint density at radius 1 is 1.14 bits per heavy atom. The van der Waals surface area contributed by atoms with Crippen LogP contribution in [0, 0.1) is 20.8 Å². The number of rotatable bonds is 7. The Hall–Kier alpha value is -2.86. The minimum absolute atomic E-state index is 0.0671. The molecule has 5 nitrogen and oxygen atoms in total. The van der Waals surface area contributed by atoms with Crippen LogP contribution in [0.25, 0.3) is 11.4 Å². The van der Waals surface area contributed by atoms with Crippen LogP contribution in [0.3, 0.4) is 0 Å². The Morgan fingerprint density at radius 3 is 2.64 bits per heavy atom. The lowest BCUT2D eigenvalue weighted by molar-refractivity contribution is -0.113. The van der Waals surface area contributed by atoms with Crippen molar-refractivity contribution < 1.29 is 4.79 Å². The van der Waals surface area contributed by atoms with Crippen molar-refractivity contribution in [3.8, 4) is 11.4 Å². The van der Waals surface area contributed by atoms with Crippen molar-refractivity contribution in [2.45, 2.75) is 32.5 Å². The van der Waals surface area contributed by atoms with E-state index in [2.05, 4.69) is 28.2 Å². The normalized spacial score (nSPS) is 10.7. The molecule has 0 saturated carbocycles. The highest BCUT2D eigenvalue weighted by Gasteiger charge is 2.16. The molecule has 0 spiro atoms. The van der Waals surface area contributed by atoms with Gasteiger partial charge in [-0.25, -0.2) is 0 Å². The molecule has 2 aromatic carbocycles. The molecule has 1 N–H and O–H groups in total. The number of hydrogen-bond donors (Lipinski definition) is 1. The first kappa shape index (κ1) is 19.9. The third-order valence-corrected chi connectivity index (χ3v) is 5.37. The van der Waals surface area contributed by atoms with Gasteiger partial charge in [0.1, 0.15) is 0 Å². The van der Waals surface area contributed by atoms with Crippen LogP contribution in [0.2, 0.25) is 0 Å². The number of carbonyl (C=O) groups excluding carboxylic acids is 1. The summed E-state index contributed by atoms with van der Waals surface area (Å²) in [5.41, 5.74) is 5.22. The molecule has 0 bridgehead atoms. The molecule has 1 aromatic heterocycles. The molecule has 28 heavy (non-hydrogen) atoms. The summed E-state index contributed by atoms with van der Waals surface area (Å²) in [7, 11) is 0. The summed E-state index contributed by atoms with van der Waals surface area (Å²) in [6, 6.07) is 14.0. The average molecular weight is 393 g/mol. The van der Waals surface area contributed by atoms with E-state index in [1.165, 1.54) is 17.3 Å². The predicted molar refractivity (Wildman–Crippen MR) is 116 cm³/mol. The summed E-state index contributed by atoms with van der Waals surface area (Å²) in [6.07, 6.45) is 1.81. The minimum Gasteiger partial charge on any atom is -0.325 e. The van der Waals surface area contributed by atoms with Crippen molar-refractivity contribution >= 4 is 23.4 Å². The van der Waals surface area contributed by atoms with Gasteiger partial charge in [0.05, 0.1) is 5.75 Å². The molecule has 1 heterocycles. The van der Waals surface area contributed by atoms with Crippen LogP contribution < -0.4 is 5.32 Å². The molecular weight excluding hydrogens is 368 g/mol. The molecule has 0 atom stereocenters. The molecule has 3 aromatic rings. The van der Waals surface area contributed by atoms with Crippen LogP contribution >= 0.6 is 11.8 Å². The van der Waals surface area contributed by atoms with Gasteiger partial charge in [-0.05, 0) is 38.0 Å². The van der Waals surface area contributed by atoms with Crippen molar-refractivity contribution in [3.63, 3.8) is 0 Å². The number of aromatic nitrogens is 3. The van der Waals surface area contributed by atoms with Gasteiger partial charge in [-0.3, -0.25) is 9.36 Å². The Balaban J connectivity index is 1.74. The summed E-state index contributed by atoms with van der Waals surface area (Å²) in [4.78, 5) is 12.4. The van der Waals surface area contributed by atoms with Crippen LogP contribution in [0.4, 0.5) is 5.69 Å². The lowest BCUT2D eigenvalue weighted by Crippen LogP contribution is -2.15. The second-order valence-corrected chi connectivity index (χ2v) is 7.62. The Morgan fingerprint density at radius 2 is 1.93 bits per heavy atom. The fourth-order valence-electron chi connectivity index (χ4n) is 2.98. The molecule has 0 saturated heterocycles. The first-order valence-corrected chi connectivity index (χ1v) is 10.1. The number of amides is 1. The van der Waals surface area contributed by atoms with Crippen molar-refractivity contribution in [1.29, 1.82) is 0 Å². The van der Waals surface area contributed by atoms with Gasteiger partial charge in [0.25, 0.3) is 0 Å². The lowest BCUT2D eigenvalue weighted by Gasteiger charge is -2.10. The predicted octanol–water partition coefficient (Wildman–Crippen LogP) is 4.79. The largest absolute Gasteiger partial charge is 0.325 e. The molecule has 6 heteroatoms. The molecular formula is C22H24N4OS. The smallest absolute Gasteiger partial charge is 0.234 e. The average Bonchev–Trinajstić information content (AvgIpc) is 3.06. The van der Waals surface area contributed by atoms with Crippen LogP contribution in [0.15, 0.2) is 60.3 Å². The molecule has 0 unspecified atom stereocenters. The fourth-order valence-corrected chi connectivity index (χ4v) is 3.73. The Bertz CT molecular complexity index is 1010. The number of carbonyl (C=O) groups is 1. The molecule has 0 fully saturated rings. The zero-order valence-corrected chi connectivity index (χ0v) is 17.2. The topological polar surface area (TPSA) is 59.8 Å². The third-order valence-electron chi connectivity index (χ3n) is 4.40. The SMILES string of the molecule is C=CCn1c(SCC(=O)Nc2ccc(C)cc2C)nnc1-c1ccccc1C. The van der Waals surface area contributed by atoms with E-state index < -0.39 is 0 Å². The Labute approximate surface area is 169 Å². The number of nitrogens with one attached hydrogen (secondary N) is 1. The quantitative estimate of drug-likeness (QED) is 0.464. The highest BCUT2D eigenvalue weighted by Crippen LogP contribution is 2.26. The summed E-state index contributed by atoms with van der Waals surface area (Å²) in [5.74, 6) is 0.980. The van der Waals surface area contributed by atoms with E-state index in [1.54, 1.807) is 0 Å². The maximum atomic E-state index is 12.4. The maximum Gasteiger partial charge on any atom is 0.234 e. The van der Waals surface area contributed by atoms with E-state index in [0.29, 0.717) is 11.7 Å². The van der Waals surface area contributed by atoms with Crippen molar-refractivity contribution in [2.24, 2.45) is 0 Å². The van der Waals surface area contributed by atoms with Gasteiger partial charge in [-0.15, -0.1) is 16.8 Å². The first-order valence-electron chi connectivity index (χ1n) is 9.09. The fraction of sp³-hybridized carbons (Fsp3) is 0.227. The maximum absolute atomic E-state index is 12.4. The van der Waals surface area contributed by atoms with Crippen molar-refractivity contribution in [2.75, 3.05) is 11.1 Å². The number of hydrogen-bond acceptors (Lipinski definition) is 4. The molecule has 0 radical (unpaired) electrons. The van der Waals surface area contributed by atoms with E-state index in [1.807, 2.05) is 67.8 Å². The molecule has 0 aliphatic rings. The van der Waals surface area contributed by atoms with E-state index in [0.717, 1.165) is 28.2 Å². The number of aryl methyl sites for hydroxylation is 3. The minimum atomic E-state index is -0.0671. The molecule has 0 aliphatic heterocycles. The number of anilines is 1. The van der Waals surface area contributed by atoms with Crippen molar-refractivity contribution in [3.05, 3.63) is 71.8 Å². The Kier molecular flexibility index (Phi) is 6.31. The van der Waals surface area contributed by atoms with Crippen molar-refractivity contribution in [1.82, 2.24) is 14.8 Å². The highest BCUT2D eigenvalue weighted by atomic mass is 32.2. The van der Waals surface area contributed by atoms with Gasteiger partial charge < -0.3 is 5.32 Å². The second kappa shape index (κ2) is 8.89. The lowest BCUT2D eigenvalue weighted by atomic mass is 10.1. The van der Waals surface area contributed by atoms with Crippen LogP contribution in [-0.2, 0) is 11.3 Å². The van der Waals surface area contributed by atoms with Gasteiger partial charge in [0.2, 0.25) is 5.91 Å². The number of allylic oxidation sites excluding steroid dienone is 1. The zero-order chi connectivity index (χ0) is 20.1. The van der Waals surface area contributed by atoms with Gasteiger partial charge in [-0.1, -0.05) is 59.8 Å². The summed E-state index contributed by atoms with van der Waals surface area (Å²) >= 11 is 1.37. The van der Waals surface area contributed by atoms with Crippen LogP contribution in [0.1, 0.15) is 16.7 Å². The van der Waals surface area contributed by atoms with Gasteiger partial charge in [-0.2, -0.15) is 0 Å². The number of thioether (sulfide) groups is 1. The monoisotopic (exact) mass is 392 g/mol. The van der Waals surface area contributed by atoms with E-state index in [-0.39, 0.29) is 11.7 Å². The summed E-state index contributed by atoms with van der Waals surface area (Å²) in [5, 5.41) is 12.3. The summed E-state index contributed by atoms with van der Waals surface area (Å²) < 4.78 is 1.99. The van der Waals surface area contributed by atoms with Crippen LogP contribution in [-0.4, -0.2) is 26.4 Å². The summed E-state index contributed by atoms with van der Waals surface area (Å²) in [6.45, 7) is 10.5. The third kappa shape index (κ3) is 4.51. The van der Waals surface area contributed by atoms with Gasteiger partial charge in [0, 0.05) is 17.8 Å². The highest BCUT2D eigenvalue weighted by molar-refractivity contribution is 7.99. The van der Waals surface area contributed by atoms with E-state index in [9.17, 15) is 4.79 Å². The van der Waals surface area contributed by atoms with Gasteiger partial charge in [0.15, 0.2) is 11.0 Å². The second-order valence-electron chi connectivity index (χ2n) is 6.68. The molecule has 0 aliphatic carbocycles. The first-order chi connectivity index (χ1) is 13.5. The zero-order valence-electron chi connectivity index (χ0n) is 16.4.